The first-order valence-corrected chi connectivity index (χ1v) is 6.42. The summed E-state index contributed by atoms with van der Waals surface area (Å²) < 4.78 is 45.2. The van der Waals surface area contributed by atoms with E-state index in [1.54, 1.807) is 13.1 Å². The second-order valence-electron chi connectivity index (χ2n) is 5.15. The van der Waals surface area contributed by atoms with Gasteiger partial charge in [0.1, 0.15) is 6.61 Å². The first-order valence-electron chi connectivity index (χ1n) is 6.42. The molecular formula is C14H13F3N2O2. The standard InChI is InChI=1S/C14H13F3N2O2/c1-7-6-21-13-10(19(7)2)4-3-9-12(13)8(14(15,16)17)5-11(20)18-9/h3-5,7H,6H2,1-2H3,(H,18,20)/t7-/m1/s1. The number of nitrogens with one attached hydrogen (secondary N) is 1. The van der Waals surface area contributed by atoms with Crippen LogP contribution < -0.4 is 15.2 Å². The van der Waals surface area contributed by atoms with Crippen molar-refractivity contribution in [1.82, 2.24) is 4.98 Å². The summed E-state index contributed by atoms with van der Waals surface area (Å²) in [6.45, 7) is 2.21. The predicted molar refractivity (Wildman–Crippen MR) is 72.9 cm³/mol. The van der Waals surface area contributed by atoms with Gasteiger partial charge >= 0.3 is 6.18 Å². The molecule has 0 amide bonds. The van der Waals surface area contributed by atoms with Crippen molar-refractivity contribution in [3.63, 3.8) is 0 Å². The molecule has 2 heterocycles. The van der Waals surface area contributed by atoms with Gasteiger partial charge in [0.15, 0.2) is 5.75 Å². The van der Waals surface area contributed by atoms with Gasteiger partial charge in [-0.2, -0.15) is 13.2 Å². The maximum Gasteiger partial charge on any atom is 0.417 e. The minimum atomic E-state index is -4.62. The van der Waals surface area contributed by atoms with E-state index in [0.717, 1.165) is 0 Å². The van der Waals surface area contributed by atoms with Crippen LogP contribution in [0.4, 0.5) is 18.9 Å². The number of alkyl halides is 3. The van der Waals surface area contributed by atoms with Gasteiger partial charge in [-0.05, 0) is 19.1 Å². The average Bonchev–Trinajstić information content (AvgIpc) is 2.40. The van der Waals surface area contributed by atoms with Crippen molar-refractivity contribution in [3.8, 4) is 5.75 Å². The van der Waals surface area contributed by atoms with E-state index < -0.39 is 17.3 Å². The number of likely N-dealkylation sites (N-methyl/N-ethyl adjacent to an activating group) is 1. The van der Waals surface area contributed by atoms with E-state index in [-0.39, 0.29) is 22.7 Å². The maximum absolute atomic E-state index is 13.2. The van der Waals surface area contributed by atoms with Gasteiger partial charge in [-0.3, -0.25) is 4.79 Å². The summed E-state index contributed by atoms with van der Waals surface area (Å²) in [4.78, 5) is 15.7. The van der Waals surface area contributed by atoms with Gasteiger partial charge in [0.25, 0.3) is 0 Å². The van der Waals surface area contributed by atoms with Crippen molar-refractivity contribution in [2.45, 2.75) is 19.1 Å². The zero-order valence-corrected chi connectivity index (χ0v) is 11.4. The number of aromatic nitrogens is 1. The number of aromatic amines is 1. The van der Waals surface area contributed by atoms with Crippen molar-refractivity contribution in [3.05, 3.63) is 34.1 Å². The Balaban J connectivity index is 2.40. The van der Waals surface area contributed by atoms with Gasteiger partial charge in [0.2, 0.25) is 5.56 Å². The first kappa shape index (κ1) is 13.8. The van der Waals surface area contributed by atoms with Crippen molar-refractivity contribution >= 4 is 16.6 Å². The molecule has 0 radical (unpaired) electrons. The topological polar surface area (TPSA) is 45.3 Å². The van der Waals surface area contributed by atoms with Crippen LogP contribution >= 0.6 is 0 Å². The molecule has 7 heteroatoms. The molecule has 112 valence electrons. The Labute approximate surface area is 118 Å². The molecule has 1 atom stereocenters. The molecule has 0 unspecified atom stereocenters. The number of nitrogens with zero attached hydrogens (tertiary/aromatic N) is 1. The number of fused-ring (bicyclic) bond motifs is 3. The van der Waals surface area contributed by atoms with Crippen LogP contribution in [0.15, 0.2) is 23.0 Å². The molecule has 3 rings (SSSR count). The fourth-order valence-corrected chi connectivity index (χ4v) is 2.52. The van der Waals surface area contributed by atoms with Crippen LogP contribution in [0.2, 0.25) is 0 Å². The molecule has 1 aromatic heterocycles. The zero-order valence-electron chi connectivity index (χ0n) is 11.4. The number of rotatable bonds is 0. The van der Waals surface area contributed by atoms with Gasteiger partial charge < -0.3 is 14.6 Å². The monoisotopic (exact) mass is 298 g/mol. The maximum atomic E-state index is 13.2. The van der Waals surface area contributed by atoms with E-state index in [0.29, 0.717) is 18.4 Å². The molecular weight excluding hydrogens is 285 g/mol. The molecule has 1 aromatic carbocycles. The van der Waals surface area contributed by atoms with Crippen LogP contribution in [-0.4, -0.2) is 24.7 Å². The van der Waals surface area contributed by atoms with E-state index in [9.17, 15) is 18.0 Å². The van der Waals surface area contributed by atoms with E-state index in [4.69, 9.17) is 4.74 Å². The van der Waals surface area contributed by atoms with Gasteiger partial charge in [-0.25, -0.2) is 0 Å². The lowest BCUT2D eigenvalue weighted by Crippen LogP contribution is -2.38. The van der Waals surface area contributed by atoms with Crippen LogP contribution in [0.3, 0.4) is 0 Å². The molecule has 1 aliphatic heterocycles. The summed E-state index contributed by atoms with van der Waals surface area (Å²) in [6.07, 6.45) is -4.62. The Hall–Kier alpha value is -2.18. The smallest absolute Gasteiger partial charge is 0.417 e. The number of hydrogen-bond donors (Lipinski definition) is 1. The van der Waals surface area contributed by atoms with Crippen LogP contribution in [0, 0.1) is 0 Å². The molecule has 0 bridgehead atoms. The number of anilines is 1. The minimum Gasteiger partial charge on any atom is -0.489 e. The Morgan fingerprint density at radius 2 is 2.10 bits per heavy atom. The summed E-state index contributed by atoms with van der Waals surface area (Å²) in [5.74, 6) is 0.164. The summed E-state index contributed by atoms with van der Waals surface area (Å²) >= 11 is 0. The number of ether oxygens (including phenoxy) is 1. The van der Waals surface area contributed by atoms with Gasteiger partial charge in [-0.15, -0.1) is 0 Å². The zero-order chi connectivity index (χ0) is 15.4. The lowest BCUT2D eigenvalue weighted by Gasteiger charge is -2.34. The Morgan fingerprint density at radius 3 is 2.76 bits per heavy atom. The first-order chi connectivity index (χ1) is 9.79. The third kappa shape index (κ3) is 2.12. The van der Waals surface area contributed by atoms with Crippen molar-refractivity contribution in [2.24, 2.45) is 0 Å². The molecule has 1 N–H and O–H groups in total. The third-order valence-electron chi connectivity index (χ3n) is 3.75. The lowest BCUT2D eigenvalue weighted by molar-refractivity contribution is -0.136. The SMILES string of the molecule is C[C@@H]1COc2c(ccc3[nH]c(=O)cc(C(F)(F)F)c23)N1C. The number of benzene rings is 1. The summed E-state index contributed by atoms with van der Waals surface area (Å²) in [6, 6.07) is 3.77. The largest absolute Gasteiger partial charge is 0.489 e. The summed E-state index contributed by atoms with van der Waals surface area (Å²) in [5, 5.41) is -0.0987. The number of hydrogen-bond acceptors (Lipinski definition) is 3. The molecule has 0 fully saturated rings. The minimum absolute atomic E-state index is 0.0621. The third-order valence-corrected chi connectivity index (χ3v) is 3.75. The Kier molecular flexibility index (Phi) is 2.89. The molecule has 1 aliphatic rings. The van der Waals surface area contributed by atoms with Gasteiger partial charge in [-0.1, -0.05) is 0 Å². The van der Waals surface area contributed by atoms with Crippen LogP contribution in [0.5, 0.6) is 5.75 Å². The van der Waals surface area contributed by atoms with Crippen molar-refractivity contribution < 1.29 is 17.9 Å². The fraction of sp³-hybridized carbons (Fsp3) is 0.357. The second-order valence-corrected chi connectivity index (χ2v) is 5.15. The molecule has 2 aromatic rings. The number of halogens is 3. The van der Waals surface area contributed by atoms with E-state index >= 15 is 0 Å². The molecule has 21 heavy (non-hydrogen) atoms. The van der Waals surface area contributed by atoms with Gasteiger partial charge in [0.05, 0.1) is 28.2 Å². The van der Waals surface area contributed by atoms with Crippen LogP contribution in [-0.2, 0) is 6.18 Å². The molecule has 4 nitrogen and oxygen atoms in total. The summed E-state index contributed by atoms with van der Waals surface area (Å²) in [7, 11) is 1.80. The predicted octanol–water partition coefficient (Wildman–Crippen LogP) is 2.76. The average molecular weight is 298 g/mol. The van der Waals surface area contributed by atoms with Crippen molar-refractivity contribution in [2.75, 3.05) is 18.6 Å². The fourth-order valence-electron chi connectivity index (χ4n) is 2.52. The quantitative estimate of drug-likeness (QED) is 0.813. The van der Waals surface area contributed by atoms with E-state index in [1.807, 2.05) is 11.8 Å². The van der Waals surface area contributed by atoms with E-state index in [1.165, 1.54) is 6.07 Å². The van der Waals surface area contributed by atoms with Crippen LogP contribution in [0.1, 0.15) is 12.5 Å². The highest BCUT2D eigenvalue weighted by Crippen LogP contribution is 2.44. The number of pyridine rings is 1. The second kappa shape index (κ2) is 4.41. The number of H-pyrrole nitrogens is 1. The molecule has 0 saturated heterocycles. The molecule has 0 saturated carbocycles. The van der Waals surface area contributed by atoms with E-state index in [2.05, 4.69) is 4.98 Å². The highest BCUT2D eigenvalue weighted by Gasteiger charge is 2.36. The highest BCUT2D eigenvalue weighted by atomic mass is 19.4. The Morgan fingerprint density at radius 1 is 1.38 bits per heavy atom. The lowest BCUT2D eigenvalue weighted by atomic mass is 10.0. The van der Waals surface area contributed by atoms with Gasteiger partial charge in [0, 0.05) is 13.1 Å². The molecule has 0 aliphatic carbocycles. The van der Waals surface area contributed by atoms with Crippen molar-refractivity contribution in [1.29, 1.82) is 0 Å². The molecule has 0 spiro atoms. The Bertz CT molecular complexity index is 767. The summed E-state index contributed by atoms with van der Waals surface area (Å²) in [5.41, 5.74) is -1.05. The van der Waals surface area contributed by atoms with Crippen LogP contribution in [0.25, 0.3) is 10.9 Å². The highest BCUT2D eigenvalue weighted by molar-refractivity contribution is 5.94. The normalized spacial score (nSPS) is 18.5.